The number of aliphatic hydroxyl groups is 1. The summed E-state index contributed by atoms with van der Waals surface area (Å²) in [4.78, 5) is 0. The molecule has 3 aliphatic rings. The van der Waals surface area contributed by atoms with Crippen molar-refractivity contribution in [3.05, 3.63) is 12.2 Å². The first-order chi connectivity index (χ1) is 4.06. The lowest BCUT2D eigenvalue weighted by atomic mass is 9.39. The number of hydrogen-bond donors (Lipinski definition) is 1. The van der Waals surface area contributed by atoms with Gasteiger partial charge in [0.1, 0.15) is 0 Å². The minimum atomic E-state index is -0.251. The zero-order valence-electron chi connectivity index (χ0n) is 5.78. The summed E-state index contributed by atoms with van der Waals surface area (Å²) in [5.74, 6) is 0. The molecule has 0 spiro atoms. The van der Waals surface area contributed by atoms with Crippen molar-refractivity contribution in [2.24, 2.45) is 5.41 Å². The molecule has 3 aliphatic carbocycles. The maximum absolute atomic E-state index is 9.35. The van der Waals surface area contributed by atoms with E-state index in [4.69, 9.17) is 0 Å². The third kappa shape index (κ3) is 0.445. The van der Waals surface area contributed by atoms with E-state index in [1.54, 1.807) is 0 Å². The van der Waals surface area contributed by atoms with Crippen LogP contribution in [-0.4, -0.2) is 10.7 Å². The van der Waals surface area contributed by atoms with Crippen LogP contribution in [0.15, 0.2) is 12.2 Å². The van der Waals surface area contributed by atoms with Gasteiger partial charge >= 0.3 is 0 Å². The molecule has 0 amide bonds. The van der Waals surface area contributed by atoms with E-state index in [0.717, 1.165) is 19.3 Å². The van der Waals surface area contributed by atoms with Crippen LogP contribution < -0.4 is 0 Å². The second-order valence-corrected chi connectivity index (χ2v) is 3.82. The summed E-state index contributed by atoms with van der Waals surface area (Å²) in [5, 5.41) is 9.35. The number of rotatable bonds is 1. The van der Waals surface area contributed by atoms with Crippen LogP contribution in [0, 0.1) is 5.41 Å². The SMILES string of the molecule is C=C(C)C12CC(O)(C1)C2. The van der Waals surface area contributed by atoms with Crippen LogP contribution in [0.1, 0.15) is 26.2 Å². The van der Waals surface area contributed by atoms with Gasteiger partial charge in [0, 0.05) is 0 Å². The van der Waals surface area contributed by atoms with Crippen LogP contribution in [-0.2, 0) is 0 Å². The average Bonchev–Trinajstić information content (AvgIpc) is 1.54. The van der Waals surface area contributed by atoms with Crippen molar-refractivity contribution in [3.63, 3.8) is 0 Å². The third-order valence-corrected chi connectivity index (χ3v) is 2.91. The first kappa shape index (κ1) is 5.48. The van der Waals surface area contributed by atoms with Gasteiger partial charge in [-0.15, -0.1) is 0 Å². The Balaban J connectivity index is 2.13. The number of allylic oxidation sites excluding steroid dienone is 1. The molecular weight excluding hydrogens is 112 g/mol. The van der Waals surface area contributed by atoms with E-state index >= 15 is 0 Å². The average molecular weight is 124 g/mol. The molecule has 0 heterocycles. The molecule has 3 fully saturated rings. The highest BCUT2D eigenvalue weighted by Crippen LogP contribution is 2.70. The topological polar surface area (TPSA) is 20.2 Å². The van der Waals surface area contributed by atoms with Crippen molar-refractivity contribution in [1.29, 1.82) is 0 Å². The monoisotopic (exact) mass is 124 g/mol. The normalized spacial score (nSPS) is 53.6. The maximum atomic E-state index is 9.35. The molecule has 0 aliphatic heterocycles. The third-order valence-electron chi connectivity index (χ3n) is 2.91. The lowest BCUT2D eigenvalue weighted by Crippen LogP contribution is -2.67. The minimum Gasteiger partial charge on any atom is -0.390 e. The molecule has 0 atom stereocenters. The lowest BCUT2D eigenvalue weighted by Gasteiger charge is -2.68. The summed E-state index contributed by atoms with van der Waals surface area (Å²) < 4.78 is 0. The highest BCUT2D eigenvalue weighted by atomic mass is 16.3. The molecule has 2 bridgehead atoms. The molecule has 0 aromatic carbocycles. The van der Waals surface area contributed by atoms with E-state index in [1.807, 2.05) is 0 Å². The second-order valence-electron chi connectivity index (χ2n) is 3.82. The van der Waals surface area contributed by atoms with Gasteiger partial charge in [-0.1, -0.05) is 12.2 Å². The standard InChI is InChI=1S/C8H12O/c1-6(2)7-3-8(9,4-7)5-7/h9H,1,3-5H2,2H3. The molecule has 1 nitrogen and oxygen atoms in total. The largest absolute Gasteiger partial charge is 0.390 e. The summed E-state index contributed by atoms with van der Waals surface area (Å²) in [6.45, 7) is 5.98. The Morgan fingerprint density at radius 2 is 1.89 bits per heavy atom. The van der Waals surface area contributed by atoms with Crippen LogP contribution in [0.2, 0.25) is 0 Å². The van der Waals surface area contributed by atoms with Gasteiger partial charge in [-0.05, 0) is 31.6 Å². The van der Waals surface area contributed by atoms with E-state index in [1.165, 1.54) is 5.57 Å². The fourth-order valence-electron chi connectivity index (χ4n) is 2.19. The molecule has 0 saturated heterocycles. The predicted octanol–water partition coefficient (Wildman–Crippen LogP) is 1.48. The van der Waals surface area contributed by atoms with E-state index in [9.17, 15) is 5.11 Å². The van der Waals surface area contributed by atoms with Crippen LogP contribution >= 0.6 is 0 Å². The van der Waals surface area contributed by atoms with Crippen molar-refractivity contribution < 1.29 is 5.11 Å². The summed E-state index contributed by atoms with van der Waals surface area (Å²) in [7, 11) is 0. The summed E-state index contributed by atoms with van der Waals surface area (Å²) in [6.07, 6.45) is 2.94. The van der Waals surface area contributed by atoms with Gasteiger partial charge in [0.15, 0.2) is 0 Å². The Kier molecular flexibility index (Phi) is 0.672. The molecule has 0 aromatic rings. The predicted molar refractivity (Wildman–Crippen MR) is 36.0 cm³/mol. The molecule has 1 heteroatoms. The molecular formula is C8H12O. The van der Waals surface area contributed by atoms with E-state index in [-0.39, 0.29) is 5.60 Å². The van der Waals surface area contributed by atoms with Crippen LogP contribution in [0.4, 0.5) is 0 Å². The molecule has 0 aromatic heterocycles. The number of hydrogen-bond acceptors (Lipinski definition) is 1. The molecule has 0 radical (unpaired) electrons. The van der Waals surface area contributed by atoms with E-state index in [2.05, 4.69) is 13.5 Å². The van der Waals surface area contributed by atoms with Crippen LogP contribution in [0.25, 0.3) is 0 Å². The first-order valence-corrected chi connectivity index (χ1v) is 3.45. The van der Waals surface area contributed by atoms with E-state index in [0.29, 0.717) is 5.41 Å². The van der Waals surface area contributed by atoms with Crippen LogP contribution in [0.5, 0.6) is 0 Å². The zero-order valence-corrected chi connectivity index (χ0v) is 5.78. The Morgan fingerprint density at radius 3 is 2.00 bits per heavy atom. The van der Waals surface area contributed by atoms with Crippen molar-refractivity contribution in [1.82, 2.24) is 0 Å². The first-order valence-electron chi connectivity index (χ1n) is 3.45. The summed E-state index contributed by atoms with van der Waals surface area (Å²) >= 11 is 0. The van der Waals surface area contributed by atoms with Crippen molar-refractivity contribution in [2.75, 3.05) is 0 Å². The summed E-state index contributed by atoms with van der Waals surface area (Å²) in [5.41, 5.74) is 1.40. The highest BCUT2D eigenvalue weighted by molar-refractivity contribution is 5.30. The molecule has 3 saturated carbocycles. The second kappa shape index (κ2) is 1.10. The Hall–Kier alpha value is -0.300. The van der Waals surface area contributed by atoms with Gasteiger partial charge in [0.25, 0.3) is 0 Å². The van der Waals surface area contributed by atoms with Crippen molar-refractivity contribution in [2.45, 2.75) is 31.8 Å². The van der Waals surface area contributed by atoms with Crippen molar-refractivity contribution >= 4 is 0 Å². The maximum Gasteiger partial charge on any atom is 0.0673 e. The van der Waals surface area contributed by atoms with Crippen LogP contribution in [0.3, 0.4) is 0 Å². The van der Waals surface area contributed by atoms with Gasteiger partial charge in [-0.2, -0.15) is 0 Å². The van der Waals surface area contributed by atoms with Gasteiger partial charge < -0.3 is 5.11 Å². The van der Waals surface area contributed by atoms with Gasteiger partial charge in [0.05, 0.1) is 5.60 Å². The molecule has 3 rings (SSSR count). The molecule has 0 unspecified atom stereocenters. The quantitative estimate of drug-likeness (QED) is 0.525. The molecule has 9 heavy (non-hydrogen) atoms. The minimum absolute atomic E-state index is 0.251. The smallest absolute Gasteiger partial charge is 0.0673 e. The zero-order chi connectivity index (χ0) is 6.70. The Labute approximate surface area is 55.4 Å². The molecule has 1 N–H and O–H groups in total. The highest BCUT2D eigenvalue weighted by Gasteiger charge is 2.67. The lowest BCUT2D eigenvalue weighted by molar-refractivity contribution is -0.239. The van der Waals surface area contributed by atoms with Gasteiger partial charge in [-0.25, -0.2) is 0 Å². The van der Waals surface area contributed by atoms with Gasteiger partial charge in [-0.3, -0.25) is 0 Å². The van der Waals surface area contributed by atoms with Crippen molar-refractivity contribution in [3.8, 4) is 0 Å². The van der Waals surface area contributed by atoms with E-state index < -0.39 is 0 Å². The Morgan fingerprint density at radius 1 is 1.44 bits per heavy atom. The fraction of sp³-hybridized carbons (Fsp3) is 0.750. The molecule has 50 valence electrons. The van der Waals surface area contributed by atoms with Gasteiger partial charge in [0.2, 0.25) is 0 Å². The summed E-state index contributed by atoms with van der Waals surface area (Å²) in [6, 6.07) is 0. The Bertz CT molecular complexity index is 161. The fourth-order valence-corrected chi connectivity index (χ4v) is 2.19.